The van der Waals surface area contributed by atoms with Crippen molar-refractivity contribution in [3.63, 3.8) is 0 Å². The number of carbonyl (C=O) groups is 2. The Labute approximate surface area is 107 Å². The van der Waals surface area contributed by atoms with E-state index in [9.17, 15) is 9.59 Å². The molecule has 0 saturated carbocycles. The van der Waals surface area contributed by atoms with Gasteiger partial charge in [0.1, 0.15) is 0 Å². The summed E-state index contributed by atoms with van der Waals surface area (Å²) in [6.07, 6.45) is 0. The van der Waals surface area contributed by atoms with Crippen LogP contribution < -0.4 is 16.4 Å². The number of rotatable bonds is 4. The Balaban J connectivity index is 3.03. The normalized spacial score (nSPS) is 11.1. The molecule has 0 unspecified atom stereocenters. The molecule has 1 aromatic carbocycles. The number of nitrogens with one attached hydrogen (secondary N) is 2. The van der Waals surface area contributed by atoms with E-state index >= 15 is 0 Å². The van der Waals surface area contributed by atoms with E-state index in [1.807, 2.05) is 0 Å². The summed E-state index contributed by atoms with van der Waals surface area (Å²) in [6.45, 7) is 5.30. The van der Waals surface area contributed by atoms with E-state index in [1.54, 1.807) is 46.0 Å². The standard InChI is InChI=1S/C13H19N3O2/c1-8-9(11(14)17)6-5-7-10(8)16-12(18)13(2,3)15-4/h5-7,15H,1-4H3,(H2,14,17)(H,16,18). The predicted octanol–water partition coefficient (Wildman–Crippen LogP) is 1.03. The lowest BCUT2D eigenvalue weighted by molar-refractivity contribution is -0.121. The first-order valence-electron chi connectivity index (χ1n) is 5.69. The molecule has 0 saturated heterocycles. The van der Waals surface area contributed by atoms with Crippen molar-refractivity contribution in [2.24, 2.45) is 5.73 Å². The molecule has 0 atom stereocenters. The molecule has 0 fully saturated rings. The molecule has 2 amide bonds. The van der Waals surface area contributed by atoms with E-state index < -0.39 is 11.4 Å². The lowest BCUT2D eigenvalue weighted by atomic mass is 10.0. The fraction of sp³-hybridized carbons (Fsp3) is 0.385. The average molecular weight is 249 g/mol. The van der Waals surface area contributed by atoms with E-state index in [1.165, 1.54) is 0 Å². The van der Waals surface area contributed by atoms with Crippen LogP contribution in [0.3, 0.4) is 0 Å². The van der Waals surface area contributed by atoms with E-state index in [0.29, 0.717) is 16.8 Å². The van der Waals surface area contributed by atoms with Gasteiger partial charge in [0, 0.05) is 11.3 Å². The van der Waals surface area contributed by atoms with Crippen molar-refractivity contribution in [1.82, 2.24) is 5.32 Å². The number of likely N-dealkylation sites (N-methyl/N-ethyl adjacent to an activating group) is 1. The molecule has 1 rings (SSSR count). The van der Waals surface area contributed by atoms with Crippen LogP contribution in [0.25, 0.3) is 0 Å². The van der Waals surface area contributed by atoms with Crippen molar-refractivity contribution < 1.29 is 9.59 Å². The maximum absolute atomic E-state index is 12.0. The monoisotopic (exact) mass is 249 g/mol. The summed E-state index contributed by atoms with van der Waals surface area (Å²) in [7, 11) is 1.71. The van der Waals surface area contributed by atoms with Crippen molar-refractivity contribution in [1.29, 1.82) is 0 Å². The van der Waals surface area contributed by atoms with Crippen LogP contribution in [0.15, 0.2) is 18.2 Å². The fourth-order valence-corrected chi connectivity index (χ4v) is 1.43. The number of benzene rings is 1. The van der Waals surface area contributed by atoms with Gasteiger partial charge >= 0.3 is 0 Å². The number of hydrogen-bond acceptors (Lipinski definition) is 3. The first kappa shape index (κ1) is 14.2. The first-order valence-corrected chi connectivity index (χ1v) is 5.69. The third kappa shape index (κ3) is 2.87. The van der Waals surface area contributed by atoms with Gasteiger partial charge in [-0.05, 0) is 45.5 Å². The van der Waals surface area contributed by atoms with Crippen LogP contribution in [0.5, 0.6) is 0 Å². The molecular formula is C13H19N3O2. The molecule has 18 heavy (non-hydrogen) atoms. The van der Waals surface area contributed by atoms with E-state index in [4.69, 9.17) is 5.73 Å². The lowest BCUT2D eigenvalue weighted by Crippen LogP contribution is -2.48. The average Bonchev–Trinajstić information content (AvgIpc) is 2.31. The Morgan fingerprint density at radius 1 is 1.28 bits per heavy atom. The minimum atomic E-state index is -0.685. The quantitative estimate of drug-likeness (QED) is 0.745. The van der Waals surface area contributed by atoms with E-state index in [2.05, 4.69) is 10.6 Å². The summed E-state index contributed by atoms with van der Waals surface area (Å²) in [5.41, 5.74) is 6.26. The van der Waals surface area contributed by atoms with E-state index in [0.717, 1.165) is 0 Å². The van der Waals surface area contributed by atoms with Gasteiger partial charge in [-0.3, -0.25) is 9.59 Å². The number of primary amides is 1. The molecule has 1 aromatic rings. The Hall–Kier alpha value is -1.88. The molecule has 0 aliphatic carbocycles. The van der Waals surface area contributed by atoms with Crippen molar-refractivity contribution in [2.75, 3.05) is 12.4 Å². The highest BCUT2D eigenvalue weighted by Gasteiger charge is 2.25. The summed E-state index contributed by atoms with van der Waals surface area (Å²) in [5, 5.41) is 5.70. The SMILES string of the molecule is CNC(C)(C)C(=O)Nc1cccc(C(N)=O)c1C. The Morgan fingerprint density at radius 2 is 1.89 bits per heavy atom. The van der Waals surface area contributed by atoms with Crippen LogP contribution in [-0.4, -0.2) is 24.4 Å². The van der Waals surface area contributed by atoms with Gasteiger partial charge in [0.25, 0.3) is 0 Å². The molecule has 5 heteroatoms. The summed E-state index contributed by atoms with van der Waals surface area (Å²) < 4.78 is 0. The molecular weight excluding hydrogens is 230 g/mol. The Kier molecular flexibility index (Phi) is 4.08. The van der Waals surface area contributed by atoms with Crippen LogP contribution in [0.2, 0.25) is 0 Å². The van der Waals surface area contributed by atoms with Crippen LogP contribution in [0.4, 0.5) is 5.69 Å². The third-order valence-corrected chi connectivity index (χ3v) is 3.04. The third-order valence-electron chi connectivity index (χ3n) is 3.04. The van der Waals surface area contributed by atoms with Gasteiger partial charge in [-0.15, -0.1) is 0 Å². The molecule has 0 radical (unpaired) electrons. The van der Waals surface area contributed by atoms with Crippen molar-refractivity contribution in [3.8, 4) is 0 Å². The number of hydrogen-bond donors (Lipinski definition) is 3. The minimum absolute atomic E-state index is 0.172. The van der Waals surface area contributed by atoms with Gasteiger partial charge in [-0.1, -0.05) is 6.07 Å². The first-order chi connectivity index (χ1) is 8.29. The van der Waals surface area contributed by atoms with Gasteiger partial charge in [-0.2, -0.15) is 0 Å². The number of nitrogens with two attached hydrogens (primary N) is 1. The molecule has 0 aromatic heterocycles. The maximum atomic E-state index is 12.0. The van der Waals surface area contributed by atoms with Crippen LogP contribution in [0.1, 0.15) is 29.8 Å². The van der Waals surface area contributed by atoms with Crippen LogP contribution in [-0.2, 0) is 4.79 Å². The zero-order valence-corrected chi connectivity index (χ0v) is 11.1. The summed E-state index contributed by atoms with van der Waals surface area (Å²) in [5.74, 6) is -0.675. The van der Waals surface area contributed by atoms with Crippen molar-refractivity contribution in [3.05, 3.63) is 29.3 Å². The largest absolute Gasteiger partial charge is 0.366 e. The summed E-state index contributed by atoms with van der Waals surface area (Å²) in [4.78, 5) is 23.2. The van der Waals surface area contributed by atoms with Gasteiger partial charge in [-0.25, -0.2) is 0 Å². The van der Waals surface area contributed by atoms with Crippen molar-refractivity contribution >= 4 is 17.5 Å². The highest BCUT2D eigenvalue weighted by atomic mass is 16.2. The fourth-order valence-electron chi connectivity index (χ4n) is 1.43. The highest BCUT2D eigenvalue weighted by molar-refractivity contribution is 6.01. The summed E-state index contributed by atoms with van der Waals surface area (Å²) in [6, 6.07) is 5.07. The van der Waals surface area contributed by atoms with E-state index in [-0.39, 0.29) is 5.91 Å². The predicted molar refractivity (Wildman–Crippen MR) is 71.5 cm³/mol. The van der Waals surface area contributed by atoms with Gasteiger partial charge < -0.3 is 16.4 Å². The zero-order chi connectivity index (χ0) is 13.9. The second-order valence-corrected chi connectivity index (χ2v) is 4.67. The number of anilines is 1. The number of amides is 2. The Bertz CT molecular complexity index is 481. The lowest BCUT2D eigenvalue weighted by Gasteiger charge is -2.23. The van der Waals surface area contributed by atoms with Gasteiger partial charge in [0.15, 0.2) is 0 Å². The second kappa shape index (κ2) is 5.18. The van der Waals surface area contributed by atoms with Crippen LogP contribution in [0, 0.1) is 6.92 Å². The molecule has 0 aliphatic rings. The second-order valence-electron chi connectivity index (χ2n) is 4.67. The summed E-state index contributed by atoms with van der Waals surface area (Å²) >= 11 is 0. The maximum Gasteiger partial charge on any atom is 0.249 e. The molecule has 98 valence electrons. The van der Waals surface area contributed by atoms with Gasteiger partial charge in [0.05, 0.1) is 5.54 Å². The molecule has 0 spiro atoms. The molecule has 4 N–H and O–H groups in total. The molecule has 5 nitrogen and oxygen atoms in total. The molecule has 0 aliphatic heterocycles. The highest BCUT2D eigenvalue weighted by Crippen LogP contribution is 2.19. The molecule has 0 heterocycles. The smallest absolute Gasteiger partial charge is 0.249 e. The van der Waals surface area contributed by atoms with Gasteiger partial charge in [0.2, 0.25) is 11.8 Å². The minimum Gasteiger partial charge on any atom is -0.366 e. The number of carbonyl (C=O) groups excluding carboxylic acids is 2. The van der Waals surface area contributed by atoms with Crippen LogP contribution >= 0.6 is 0 Å². The van der Waals surface area contributed by atoms with Crippen molar-refractivity contribution in [2.45, 2.75) is 26.3 Å². The topological polar surface area (TPSA) is 84.2 Å². The molecule has 0 bridgehead atoms. The zero-order valence-electron chi connectivity index (χ0n) is 11.1. The Morgan fingerprint density at radius 3 is 2.39 bits per heavy atom.